The van der Waals surface area contributed by atoms with Crippen LogP contribution < -0.4 is 4.72 Å². The molecule has 0 saturated heterocycles. The van der Waals surface area contributed by atoms with Gasteiger partial charge in [-0.15, -0.1) is 0 Å². The minimum atomic E-state index is -4.23. The quantitative estimate of drug-likeness (QED) is 0.673. The van der Waals surface area contributed by atoms with Crippen molar-refractivity contribution < 1.29 is 22.3 Å². The number of nitro benzene ring substituents is 1. The van der Waals surface area contributed by atoms with E-state index in [4.69, 9.17) is 0 Å². The topological polar surface area (TPSA) is 115 Å². The van der Waals surface area contributed by atoms with E-state index in [1.807, 2.05) is 4.72 Å². The molecule has 0 aliphatic carbocycles. The van der Waals surface area contributed by atoms with Crippen LogP contribution in [0.2, 0.25) is 0 Å². The first-order valence-corrected chi connectivity index (χ1v) is 6.25. The summed E-state index contributed by atoms with van der Waals surface area (Å²) in [7, 11) is -4.23. The number of sulfonamides is 1. The average molecular weight is 287 g/mol. The maximum absolute atomic E-state index is 13.6. The van der Waals surface area contributed by atoms with Crippen LogP contribution in [0.1, 0.15) is 0 Å². The predicted octanol–water partition coefficient (Wildman–Crippen LogP) is 1.52. The Hall–Kier alpha value is -2.49. The molecule has 0 fully saturated rings. The van der Waals surface area contributed by atoms with Crippen molar-refractivity contribution in [2.45, 2.75) is 4.90 Å². The summed E-state index contributed by atoms with van der Waals surface area (Å²) in [6.07, 6.45) is 1.13. The Morgan fingerprint density at radius 1 is 1.37 bits per heavy atom. The zero-order chi connectivity index (χ0) is 14.0. The lowest BCUT2D eigenvalue weighted by Gasteiger charge is -2.05. The molecule has 8 nitrogen and oxygen atoms in total. The van der Waals surface area contributed by atoms with E-state index in [1.54, 1.807) is 0 Å². The van der Waals surface area contributed by atoms with E-state index < -0.39 is 31.3 Å². The van der Waals surface area contributed by atoms with Crippen LogP contribution in [0.3, 0.4) is 0 Å². The van der Waals surface area contributed by atoms with Crippen LogP contribution >= 0.6 is 0 Å². The fourth-order valence-electron chi connectivity index (χ4n) is 1.28. The summed E-state index contributed by atoms with van der Waals surface area (Å²) in [4.78, 5) is 8.87. The van der Waals surface area contributed by atoms with Crippen molar-refractivity contribution >= 4 is 21.5 Å². The van der Waals surface area contributed by atoms with Crippen LogP contribution in [-0.4, -0.2) is 18.5 Å². The molecule has 0 amide bonds. The van der Waals surface area contributed by atoms with E-state index in [0.29, 0.717) is 6.07 Å². The van der Waals surface area contributed by atoms with Gasteiger partial charge in [-0.1, -0.05) is 5.16 Å². The van der Waals surface area contributed by atoms with Gasteiger partial charge in [0.05, 0.1) is 11.0 Å². The van der Waals surface area contributed by atoms with Crippen LogP contribution in [0.15, 0.2) is 39.9 Å². The molecule has 1 aromatic carbocycles. The van der Waals surface area contributed by atoms with E-state index in [2.05, 4.69) is 9.68 Å². The van der Waals surface area contributed by atoms with Crippen LogP contribution in [-0.2, 0) is 10.0 Å². The molecule has 0 bridgehead atoms. The van der Waals surface area contributed by atoms with Crippen molar-refractivity contribution in [1.29, 1.82) is 0 Å². The second kappa shape index (κ2) is 4.65. The number of nitro groups is 1. The summed E-state index contributed by atoms with van der Waals surface area (Å²) in [6, 6.07) is 3.44. The summed E-state index contributed by atoms with van der Waals surface area (Å²) < 4.78 is 43.5. The smallest absolute Gasteiger partial charge is 0.272 e. The van der Waals surface area contributed by atoms with Gasteiger partial charge in [-0.2, -0.15) is 0 Å². The minimum Gasteiger partial charge on any atom is -0.363 e. The predicted molar refractivity (Wildman–Crippen MR) is 60.4 cm³/mol. The molecule has 2 aromatic rings. The largest absolute Gasteiger partial charge is 0.363 e. The highest BCUT2D eigenvalue weighted by Gasteiger charge is 2.22. The molecule has 19 heavy (non-hydrogen) atoms. The number of benzene rings is 1. The zero-order valence-corrected chi connectivity index (χ0v) is 9.93. The van der Waals surface area contributed by atoms with Crippen molar-refractivity contribution in [3.8, 4) is 0 Å². The fraction of sp³-hybridized carbons (Fsp3) is 0. The summed E-state index contributed by atoms with van der Waals surface area (Å²) >= 11 is 0. The first-order valence-electron chi connectivity index (χ1n) is 4.77. The Morgan fingerprint density at radius 3 is 2.63 bits per heavy atom. The lowest BCUT2D eigenvalue weighted by atomic mass is 10.3. The van der Waals surface area contributed by atoms with Crippen LogP contribution in [0, 0.1) is 15.9 Å². The Kier molecular flexibility index (Phi) is 3.17. The van der Waals surface area contributed by atoms with Crippen molar-refractivity contribution in [2.75, 3.05) is 4.72 Å². The molecule has 10 heteroatoms. The van der Waals surface area contributed by atoms with Gasteiger partial charge in [-0.25, -0.2) is 12.8 Å². The molecule has 1 N–H and O–H groups in total. The highest BCUT2D eigenvalue weighted by molar-refractivity contribution is 7.92. The third-order valence-corrected chi connectivity index (χ3v) is 3.48. The third-order valence-electron chi connectivity index (χ3n) is 2.09. The maximum Gasteiger partial charge on any atom is 0.272 e. The molecule has 0 aliphatic rings. The average Bonchev–Trinajstić information content (AvgIpc) is 2.80. The Morgan fingerprint density at radius 2 is 2.11 bits per heavy atom. The molecule has 0 atom stereocenters. The summed E-state index contributed by atoms with van der Waals surface area (Å²) in [5.41, 5.74) is -0.544. The second-order valence-electron chi connectivity index (χ2n) is 3.36. The molecule has 0 saturated carbocycles. The van der Waals surface area contributed by atoms with Crippen LogP contribution in [0.4, 0.5) is 15.9 Å². The van der Waals surface area contributed by atoms with E-state index in [9.17, 15) is 22.9 Å². The number of hydrogen-bond donors (Lipinski definition) is 1. The Labute approximate surface area is 106 Å². The molecule has 0 unspecified atom stereocenters. The standard InChI is InChI=1S/C9H6FN3O5S/c10-7-5-6(13(14)15)1-2-8(7)19(16,17)12-9-3-4-18-11-9/h1-5H,(H,11,12). The van der Waals surface area contributed by atoms with Crippen molar-refractivity contribution in [3.63, 3.8) is 0 Å². The highest BCUT2D eigenvalue weighted by Crippen LogP contribution is 2.22. The Balaban J connectivity index is 2.38. The van der Waals surface area contributed by atoms with Gasteiger partial charge < -0.3 is 4.52 Å². The summed E-state index contributed by atoms with van der Waals surface area (Å²) in [6.45, 7) is 0. The Bertz CT molecular complexity index is 713. The monoisotopic (exact) mass is 287 g/mol. The van der Waals surface area contributed by atoms with Crippen LogP contribution in [0.5, 0.6) is 0 Å². The first-order chi connectivity index (χ1) is 8.90. The zero-order valence-electron chi connectivity index (χ0n) is 9.11. The van der Waals surface area contributed by atoms with Gasteiger partial charge in [0.1, 0.15) is 11.2 Å². The van der Waals surface area contributed by atoms with E-state index in [1.165, 1.54) is 6.07 Å². The van der Waals surface area contributed by atoms with Crippen molar-refractivity contribution in [2.24, 2.45) is 0 Å². The van der Waals surface area contributed by atoms with Gasteiger partial charge in [0, 0.05) is 12.1 Å². The number of nitrogens with one attached hydrogen (secondary N) is 1. The van der Waals surface area contributed by atoms with Gasteiger partial charge in [-0.05, 0) is 6.07 Å². The highest BCUT2D eigenvalue weighted by atomic mass is 32.2. The van der Waals surface area contributed by atoms with Gasteiger partial charge in [0.25, 0.3) is 15.7 Å². The number of rotatable bonds is 4. The number of aromatic nitrogens is 1. The molecule has 0 spiro atoms. The molecule has 0 radical (unpaired) electrons. The number of non-ortho nitro benzene ring substituents is 1. The van der Waals surface area contributed by atoms with Gasteiger partial charge in [0.2, 0.25) is 0 Å². The number of nitrogens with zero attached hydrogens (tertiary/aromatic N) is 2. The molecule has 0 aliphatic heterocycles. The molecule has 1 aromatic heterocycles. The third kappa shape index (κ3) is 2.68. The van der Waals surface area contributed by atoms with Gasteiger partial charge in [-0.3, -0.25) is 14.8 Å². The van der Waals surface area contributed by atoms with E-state index in [0.717, 1.165) is 18.4 Å². The van der Waals surface area contributed by atoms with E-state index in [-0.39, 0.29) is 5.82 Å². The summed E-state index contributed by atoms with van der Waals surface area (Å²) in [5.74, 6) is -1.36. The fourth-order valence-corrected chi connectivity index (χ4v) is 2.33. The normalized spacial score (nSPS) is 11.2. The van der Waals surface area contributed by atoms with Crippen LogP contribution in [0.25, 0.3) is 0 Å². The first kappa shape index (κ1) is 13.0. The lowest BCUT2D eigenvalue weighted by Crippen LogP contribution is -2.14. The summed E-state index contributed by atoms with van der Waals surface area (Å²) in [5, 5.41) is 13.7. The van der Waals surface area contributed by atoms with Crippen molar-refractivity contribution in [1.82, 2.24) is 5.16 Å². The molecule has 2 rings (SSSR count). The molecular weight excluding hydrogens is 281 g/mol. The molecule has 100 valence electrons. The van der Waals surface area contributed by atoms with Gasteiger partial charge in [0.15, 0.2) is 11.6 Å². The second-order valence-corrected chi connectivity index (χ2v) is 5.01. The number of halogens is 1. The molecule has 1 heterocycles. The lowest BCUT2D eigenvalue weighted by molar-refractivity contribution is -0.385. The van der Waals surface area contributed by atoms with Crippen molar-refractivity contribution in [3.05, 3.63) is 46.5 Å². The minimum absolute atomic E-state index is 0.127. The number of hydrogen-bond acceptors (Lipinski definition) is 6. The van der Waals surface area contributed by atoms with Gasteiger partial charge >= 0.3 is 0 Å². The molecular formula is C9H6FN3O5S. The SMILES string of the molecule is O=[N+]([O-])c1ccc(S(=O)(=O)Nc2ccon2)c(F)c1. The number of anilines is 1. The maximum atomic E-state index is 13.6. The van der Waals surface area contributed by atoms with E-state index >= 15 is 0 Å².